The zero-order valence-corrected chi connectivity index (χ0v) is 19.8. The molecule has 2 N–H and O–H groups in total. The van der Waals surface area contributed by atoms with Gasteiger partial charge in [-0.1, -0.05) is 44.2 Å². The summed E-state index contributed by atoms with van der Waals surface area (Å²) in [6.45, 7) is 8.63. The fraction of sp³-hybridized carbons (Fsp3) is 0.650. The molecular formula is C20H34IN3O2S. The van der Waals surface area contributed by atoms with Crippen molar-refractivity contribution >= 4 is 39.8 Å². The van der Waals surface area contributed by atoms with E-state index in [0.29, 0.717) is 18.8 Å². The van der Waals surface area contributed by atoms with E-state index in [1.165, 1.54) is 5.56 Å². The molecule has 1 aromatic rings. The van der Waals surface area contributed by atoms with Gasteiger partial charge in [0.05, 0.1) is 18.1 Å². The van der Waals surface area contributed by atoms with Crippen LogP contribution in [0.15, 0.2) is 35.3 Å². The second kappa shape index (κ2) is 11.2. The van der Waals surface area contributed by atoms with Gasteiger partial charge < -0.3 is 10.6 Å². The summed E-state index contributed by atoms with van der Waals surface area (Å²) in [5, 5.41) is 6.64. The van der Waals surface area contributed by atoms with Gasteiger partial charge in [0.2, 0.25) is 0 Å². The minimum atomic E-state index is -2.84. The Hall–Kier alpha value is -0.830. The van der Waals surface area contributed by atoms with Crippen LogP contribution in [0, 0.1) is 5.92 Å². The Kier molecular flexibility index (Phi) is 10.1. The van der Waals surface area contributed by atoms with Crippen molar-refractivity contribution in [3.8, 4) is 0 Å². The number of rotatable bonds is 8. The lowest BCUT2D eigenvalue weighted by atomic mass is 9.76. The summed E-state index contributed by atoms with van der Waals surface area (Å²) in [6, 6.07) is 10.6. The van der Waals surface area contributed by atoms with Gasteiger partial charge in [0.25, 0.3) is 0 Å². The molecule has 0 amide bonds. The molecule has 154 valence electrons. The maximum Gasteiger partial charge on any atom is 0.191 e. The van der Waals surface area contributed by atoms with E-state index in [2.05, 4.69) is 48.7 Å². The molecule has 1 heterocycles. The van der Waals surface area contributed by atoms with Gasteiger partial charge in [-0.2, -0.15) is 0 Å². The summed E-state index contributed by atoms with van der Waals surface area (Å²) >= 11 is 0. The number of halogens is 1. The Morgan fingerprint density at radius 1 is 1.15 bits per heavy atom. The molecule has 1 aliphatic heterocycles. The smallest absolute Gasteiger partial charge is 0.191 e. The van der Waals surface area contributed by atoms with E-state index in [4.69, 9.17) is 4.99 Å². The number of benzene rings is 1. The van der Waals surface area contributed by atoms with Gasteiger partial charge in [-0.15, -0.1) is 24.0 Å². The average molecular weight is 507 g/mol. The van der Waals surface area contributed by atoms with E-state index < -0.39 is 9.84 Å². The average Bonchev–Trinajstić information content (AvgIpc) is 3.00. The number of guanidine groups is 1. The van der Waals surface area contributed by atoms with Crippen molar-refractivity contribution in [2.75, 3.05) is 31.1 Å². The highest BCUT2D eigenvalue weighted by Crippen LogP contribution is 2.32. The highest BCUT2D eigenvalue weighted by molar-refractivity contribution is 14.0. The number of hydrogen-bond donors (Lipinski definition) is 2. The molecule has 27 heavy (non-hydrogen) atoms. The standard InChI is InChI=1S/C20H33N3O2S.HI/c1-4-20(5-2,18-10-8-7-9-11-18)16-23-19(21-6-3)22-14-17-12-13-26(24,25)15-17;/h7-11,17H,4-6,12-16H2,1-3H3,(H2,21,22,23);1H. The first-order chi connectivity index (χ1) is 12.4. The lowest BCUT2D eigenvalue weighted by Crippen LogP contribution is -2.41. The molecule has 1 saturated heterocycles. The van der Waals surface area contributed by atoms with Crippen molar-refractivity contribution < 1.29 is 8.42 Å². The van der Waals surface area contributed by atoms with Crippen LogP contribution in [0.3, 0.4) is 0 Å². The van der Waals surface area contributed by atoms with Gasteiger partial charge in [0.1, 0.15) is 0 Å². The van der Waals surface area contributed by atoms with Crippen LogP contribution in [0.25, 0.3) is 0 Å². The first kappa shape index (κ1) is 24.2. The summed E-state index contributed by atoms with van der Waals surface area (Å²) in [5.41, 5.74) is 1.35. The Morgan fingerprint density at radius 3 is 2.33 bits per heavy atom. The molecule has 0 aliphatic carbocycles. The summed E-state index contributed by atoms with van der Waals surface area (Å²) in [4.78, 5) is 4.85. The highest BCUT2D eigenvalue weighted by Gasteiger charge is 2.29. The van der Waals surface area contributed by atoms with Crippen LogP contribution in [-0.2, 0) is 15.3 Å². The lowest BCUT2D eigenvalue weighted by Gasteiger charge is -2.31. The largest absolute Gasteiger partial charge is 0.357 e. The number of hydrogen-bond acceptors (Lipinski definition) is 3. The molecule has 1 fully saturated rings. The number of aliphatic imine (C=N–C) groups is 1. The SMILES string of the molecule is CCNC(=NCC(CC)(CC)c1ccccc1)NCC1CCS(=O)(=O)C1.I. The zero-order chi connectivity index (χ0) is 19.0. The predicted octanol–water partition coefficient (Wildman–Crippen LogP) is 3.35. The van der Waals surface area contributed by atoms with E-state index in [0.717, 1.165) is 31.8 Å². The molecule has 1 aromatic carbocycles. The van der Waals surface area contributed by atoms with Crippen LogP contribution in [-0.4, -0.2) is 45.5 Å². The molecule has 0 spiro atoms. The van der Waals surface area contributed by atoms with Crippen LogP contribution >= 0.6 is 24.0 Å². The van der Waals surface area contributed by atoms with Crippen LogP contribution in [0.2, 0.25) is 0 Å². The zero-order valence-electron chi connectivity index (χ0n) is 16.7. The molecular weight excluding hydrogens is 473 g/mol. The minimum absolute atomic E-state index is 0. The maximum absolute atomic E-state index is 11.6. The fourth-order valence-electron chi connectivity index (χ4n) is 3.61. The van der Waals surface area contributed by atoms with E-state index in [1.54, 1.807) is 0 Å². The minimum Gasteiger partial charge on any atom is -0.357 e. The van der Waals surface area contributed by atoms with Crippen LogP contribution < -0.4 is 10.6 Å². The topological polar surface area (TPSA) is 70.6 Å². The molecule has 0 saturated carbocycles. The highest BCUT2D eigenvalue weighted by atomic mass is 127. The van der Waals surface area contributed by atoms with E-state index in [-0.39, 0.29) is 41.1 Å². The monoisotopic (exact) mass is 507 g/mol. The van der Waals surface area contributed by atoms with Crippen molar-refractivity contribution in [1.82, 2.24) is 10.6 Å². The van der Waals surface area contributed by atoms with Crippen LogP contribution in [0.4, 0.5) is 0 Å². The summed E-state index contributed by atoms with van der Waals surface area (Å²) < 4.78 is 23.3. The molecule has 7 heteroatoms. The Bertz CT molecular complexity index is 688. The Morgan fingerprint density at radius 2 is 1.81 bits per heavy atom. The third-order valence-electron chi connectivity index (χ3n) is 5.51. The molecule has 1 aliphatic rings. The van der Waals surface area contributed by atoms with Gasteiger partial charge >= 0.3 is 0 Å². The summed E-state index contributed by atoms with van der Waals surface area (Å²) in [5.74, 6) is 1.56. The molecule has 1 unspecified atom stereocenters. The lowest BCUT2D eigenvalue weighted by molar-refractivity contribution is 0.406. The van der Waals surface area contributed by atoms with Crippen molar-refractivity contribution in [1.29, 1.82) is 0 Å². The predicted molar refractivity (Wildman–Crippen MR) is 125 cm³/mol. The van der Waals surface area contributed by atoms with Gasteiger partial charge in [-0.25, -0.2) is 8.42 Å². The van der Waals surface area contributed by atoms with E-state index in [1.807, 2.05) is 13.0 Å². The Labute approximate surface area is 181 Å². The number of sulfone groups is 1. The van der Waals surface area contributed by atoms with Crippen LogP contribution in [0.5, 0.6) is 0 Å². The van der Waals surface area contributed by atoms with Gasteiger partial charge in [-0.3, -0.25) is 4.99 Å². The fourth-order valence-corrected chi connectivity index (χ4v) is 5.47. The number of nitrogens with zero attached hydrogens (tertiary/aromatic N) is 1. The molecule has 1 atom stereocenters. The summed E-state index contributed by atoms with van der Waals surface area (Å²) in [6.07, 6.45) is 2.79. The van der Waals surface area contributed by atoms with Crippen molar-refractivity contribution in [2.45, 2.75) is 45.4 Å². The van der Waals surface area contributed by atoms with Gasteiger partial charge in [0.15, 0.2) is 15.8 Å². The number of nitrogens with one attached hydrogen (secondary N) is 2. The molecule has 0 bridgehead atoms. The van der Waals surface area contributed by atoms with Crippen molar-refractivity contribution in [2.24, 2.45) is 10.9 Å². The summed E-state index contributed by atoms with van der Waals surface area (Å²) in [7, 11) is -2.84. The van der Waals surface area contributed by atoms with Gasteiger partial charge in [0, 0.05) is 18.5 Å². The maximum atomic E-state index is 11.6. The Balaban J connectivity index is 0.00000364. The van der Waals surface area contributed by atoms with Crippen molar-refractivity contribution in [3.63, 3.8) is 0 Å². The van der Waals surface area contributed by atoms with E-state index in [9.17, 15) is 8.42 Å². The second-order valence-electron chi connectivity index (χ2n) is 7.20. The molecule has 5 nitrogen and oxygen atoms in total. The molecule has 0 aromatic heterocycles. The van der Waals surface area contributed by atoms with Gasteiger partial charge in [-0.05, 0) is 37.7 Å². The normalized spacial score (nSPS) is 19.4. The quantitative estimate of drug-likeness (QED) is 0.322. The first-order valence-corrected chi connectivity index (χ1v) is 11.5. The first-order valence-electron chi connectivity index (χ1n) is 9.73. The molecule has 0 radical (unpaired) electrons. The van der Waals surface area contributed by atoms with Crippen LogP contribution in [0.1, 0.15) is 45.6 Å². The second-order valence-corrected chi connectivity index (χ2v) is 9.43. The third-order valence-corrected chi connectivity index (χ3v) is 7.35. The molecule has 2 rings (SSSR count). The third kappa shape index (κ3) is 6.93. The van der Waals surface area contributed by atoms with Crippen molar-refractivity contribution in [3.05, 3.63) is 35.9 Å². The van der Waals surface area contributed by atoms with E-state index >= 15 is 0 Å².